The van der Waals surface area contributed by atoms with Crippen LogP contribution in [-0.2, 0) is 0 Å². The SMILES string of the molecule is Cc1c[se]c(=Nc2ccccc2)s1. The minimum atomic E-state index is 0.463. The molecule has 2 aromatic rings. The van der Waals surface area contributed by atoms with E-state index >= 15 is 0 Å². The molecule has 0 radical (unpaired) electrons. The summed E-state index contributed by atoms with van der Waals surface area (Å²) in [5.74, 6) is 0. The van der Waals surface area contributed by atoms with Gasteiger partial charge < -0.3 is 0 Å². The summed E-state index contributed by atoms with van der Waals surface area (Å²) >= 11 is 2.26. The van der Waals surface area contributed by atoms with Crippen molar-refractivity contribution in [2.45, 2.75) is 6.92 Å². The molecular weight excluding hydrogens is 245 g/mol. The van der Waals surface area contributed by atoms with Crippen LogP contribution in [-0.4, -0.2) is 14.5 Å². The predicted molar refractivity (Wildman–Crippen MR) is 57.7 cm³/mol. The Morgan fingerprint density at radius 3 is 2.62 bits per heavy atom. The first-order valence-electron chi connectivity index (χ1n) is 3.99. The van der Waals surface area contributed by atoms with Crippen molar-refractivity contribution < 1.29 is 0 Å². The quantitative estimate of drug-likeness (QED) is 0.693. The summed E-state index contributed by atoms with van der Waals surface area (Å²) in [4.78, 5) is 8.22. The second-order valence-electron chi connectivity index (χ2n) is 2.66. The van der Waals surface area contributed by atoms with E-state index in [1.165, 1.54) is 8.42 Å². The molecule has 0 aliphatic carbocycles. The van der Waals surface area contributed by atoms with E-state index in [1.807, 2.05) is 30.3 Å². The normalized spacial score (nSPS) is 11.9. The third-order valence-corrected chi connectivity index (χ3v) is 5.22. The van der Waals surface area contributed by atoms with E-state index in [9.17, 15) is 0 Å². The molecule has 0 spiro atoms. The molecule has 1 aromatic carbocycles. The molecule has 0 N–H and O–H groups in total. The van der Waals surface area contributed by atoms with E-state index in [0.29, 0.717) is 14.5 Å². The first kappa shape index (κ1) is 8.95. The van der Waals surface area contributed by atoms with Gasteiger partial charge in [-0.05, 0) is 0 Å². The average Bonchev–Trinajstić information content (AvgIpc) is 2.53. The van der Waals surface area contributed by atoms with Crippen LogP contribution in [0.15, 0.2) is 40.3 Å². The standard InChI is InChI=1S/C10H9NSSe/c1-8-7-13-10(12-8)11-9-5-3-2-4-6-9/h2-7H,1H3. The first-order valence-corrected chi connectivity index (χ1v) is 6.66. The fraction of sp³-hybridized carbons (Fsp3) is 0.100. The van der Waals surface area contributed by atoms with Gasteiger partial charge in [0.05, 0.1) is 0 Å². The second-order valence-corrected chi connectivity index (χ2v) is 6.28. The van der Waals surface area contributed by atoms with E-state index in [0.717, 1.165) is 5.69 Å². The van der Waals surface area contributed by atoms with Crippen molar-refractivity contribution in [1.29, 1.82) is 0 Å². The van der Waals surface area contributed by atoms with Crippen LogP contribution in [0.3, 0.4) is 0 Å². The van der Waals surface area contributed by atoms with Gasteiger partial charge >= 0.3 is 87.1 Å². The zero-order chi connectivity index (χ0) is 9.10. The summed E-state index contributed by atoms with van der Waals surface area (Å²) in [5.41, 5.74) is 1.06. The van der Waals surface area contributed by atoms with E-state index in [2.05, 4.69) is 16.9 Å². The van der Waals surface area contributed by atoms with E-state index in [4.69, 9.17) is 0 Å². The summed E-state index contributed by atoms with van der Waals surface area (Å²) < 4.78 is 1.26. The molecule has 0 unspecified atom stereocenters. The Bertz CT molecular complexity index is 441. The molecule has 66 valence electrons. The monoisotopic (exact) mass is 255 g/mol. The van der Waals surface area contributed by atoms with Crippen LogP contribution in [0.25, 0.3) is 0 Å². The molecule has 1 nitrogen and oxygen atoms in total. The van der Waals surface area contributed by atoms with Gasteiger partial charge in [-0.15, -0.1) is 0 Å². The summed E-state index contributed by atoms with van der Waals surface area (Å²) in [7, 11) is 0. The van der Waals surface area contributed by atoms with Crippen LogP contribution in [0.4, 0.5) is 5.69 Å². The Balaban J connectivity index is 2.42. The molecule has 3 heteroatoms. The minimum absolute atomic E-state index is 0.463. The Morgan fingerprint density at radius 1 is 1.23 bits per heavy atom. The number of para-hydroxylation sites is 1. The number of rotatable bonds is 1. The van der Waals surface area contributed by atoms with Gasteiger partial charge in [0.1, 0.15) is 0 Å². The molecule has 2 rings (SSSR count). The van der Waals surface area contributed by atoms with Crippen molar-refractivity contribution in [2.24, 2.45) is 4.99 Å². The summed E-state index contributed by atoms with van der Waals surface area (Å²) in [6.45, 7) is 2.14. The Hall–Kier alpha value is -0.631. The summed E-state index contributed by atoms with van der Waals surface area (Å²) in [6.07, 6.45) is 0. The summed E-state index contributed by atoms with van der Waals surface area (Å²) in [5, 5.41) is 0. The third-order valence-electron chi connectivity index (χ3n) is 1.55. The molecule has 1 heterocycles. The molecule has 0 saturated carbocycles. The topological polar surface area (TPSA) is 12.4 Å². The van der Waals surface area contributed by atoms with Crippen molar-refractivity contribution in [2.75, 3.05) is 0 Å². The van der Waals surface area contributed by atoms with Gasteiger partial charge in [-0.3, -0.25) is 0 Å². The van der Waals surface area contributed by atoms with Gasteiger partial charge in [-0.2, -0.15) is 0 Å². The van der Waals surface area contributed by atoms with Crippen molar-refractivity contribution in [3.63, 3.8) is 0 Å². The third kappa shape index (κ3) is 2.41. The molecule has 13 heavy (non-hydrogen) atoms. The summed E-state index contributed by atoms with van der Waals surface area (Å²) in [6, 6.07) is 10.1. The molecule has 0 saturated heterocycles. The van der Waals surface area contributed by atoms with Gasteiger partial charge in [-0.1, -0.05) is 0 Å². The Labute approximate surface area is 87.2 Å². The zero-order valence-corrected chi connectivity index (χ0v) is 9.76. The molecule has 0 atom stereocenters. The van der Waals surface area contributed by atoms with Gasteiger partial charge in [0, 0.05) is 0 Å². The van der Waals surface area contributed by atoms with Gasteiger partial charge in [0.15, 0.2) is 0 Å². The molecular formula is C10H9NSSe. The van der Waals surface area contributed by atoms with E-state index in [-0.39, 0.29) is 0 Å². The number of benzene rings is 1. The van der Waals surface area contributed by atoms with Crippen LogP contribution in [0.2, 0.25) is 0 Å². The van der Waals surface area contributed by atoms with Crippen LogP contribution < -0.4 is 3.54 Å². The fourth-order valence-corrected chi connectivity index (χ4v) is 4.32. The first-order chi connectivity index (χ1) is 6.34. The molecule has 0 aliphatic heterocycles. The van der Waals surface area contributed by atoms with Gasteiger partial charge in [0.2, 0.25) is 0 Å². The number of nitrogens with zero attached hydrogens (tertiary/aromatic N) is 1. The number of hydrogen-bond acceptors (Lipinski definition) is 2. The van der Waals surface area contributed by atoms with Gasteiger partial charge in [-0.25, -0.2) is 0 Å². The molecule has 0 bridgehead atoms. The van der Waals surface area contributed by atoms with Crippen LogP contribution >= 0.6 is 11.3 Å². The van der Waals surface area contributed by atoms with Crippen LogP contribution in [0.1, 0.15) is 4.88 Å². The number of hydrogen-bond donors (Lipinski definition) is 0. The van der Waals surface area contributed by atoms with Crippen molar-refractivity contribution >= 4 is 31.5 Å². The molecule has 1 aromatic heterocycles. The average molecular weight is 254 g/mol. The fourth-order valence-electron chi connectivity index (χ4n) is 0.976. The number of aryl methyl sites for hydroxylation is 1. The van der Waals surface area contributed by atoms with Crippen molar-refractivity contribution in [3.05, 3.63) is 43.7 Å². The molecule has 0 fully saturated rings. The Kier molecular flexibility index (Phi) is 2.79. The van der Waals surface area contributed by atoms with E-state index in [1.54, 1.807) is 11.3 Å². The van der Waals surface area contributed by atoms with Crippen LogP contribution in [0, 0.1) is 6.92 Å². The zero-order valence-electron chi connectivity index (χ0n) is 7.23. The second kappa shape index (κ2) is 4.05. The van der Waals surface area contributed by atoms with Crippen LogP contribution in [0.5, 0.6) is 0 Å². The predicted octanol–water partition coefficient (Wildman–Crippen LogP) is 2.35. The molecule has 0 aliphatic rings. The van der Waals surface area contributed by atoms with Crippen molar-refractivity contribution in [1.82, 2.24) is 0 Å². The maximum absolute atomic E-state index is 4.56. The molecule has 0 amide bonds. The van der Waals surface area contributed by atoms with Gasteiger partial charge in [0.25, 0.3) is 0 Å². The Morgan fingerprint density at radius 2 is 2.00 bits per heavy atom. The van der Waals surface area contributed by atoms with Crippen molar-refractivity contribution in [3.8, 4) is 0 Å². The van der Waals surface area contributed by atoms with E-state index < -0.39 is 0 Å². The maximum atomic E-state index is 4.56.